The minimum Gasteiger partial charge on any atom is -0.0802 e. The summed E-state index contributed by atoms with van der Waals surface area (Å²) in [7, 11) is 0. The van der Waals surface area contributed by atoms with Crippen LogP contribution in [0.3, 0.4) is 0 Å². The first-order valence-corrected chi connectivity index (χ1v) is 8.13. The van der Waals surface area contributed by atoms with Crippen LogP contribution in [0.2, 0.25) is 0 Å². The van der Waals surface area contributed by atoms with Gasteiger partial charge in [-0.2, -0.15) is 0 Å². The van der Waals surface area contributed by atoms with Gasteiger partial charge < -0.3 is 0 Å². The summed E-state index contributed by atoms with van der Waals surface area (Å²) in [5.74, 6) is 1.59. The predicted molar refractivity (Wildman–Crippen MR) is 94.9 cm³/mol. The molecule has 0 nitrogen and oxygen atoms in total. The molecule has 22 heavy (non-hydrogen) atoms. The van der Waals surface area contributed by atoms with E-state index in [-0.39, 0.29) is 0 Å². The van der Waals surface area contributed by atoms with Gasteiger partial charge in [-0.05, 0) is 63.4 Å². The van der Waals surface area contributed by atoms with Gasteiger partial charge in [0.15, 0.2) is 0 Å². The Morgan fingerprint density at radius 1 is 0.773 bits per heavy atom. The first-order chi connectivity index (χ1) is 10.8. The third kappa shape index (κ3) is 1.64. The summed E-state index contributed by atoms with van der Waals surface area (Å²) in [6.07, 6.45) is 8.58. The van der Waals surface area contributed by atoms with E-state index >= 15 is 0 Å². The molecule has 3 aromatic carbocycles. The van der Waals surface area contributed by atoms with Crippen LogP contribution >= 0.6 is 0 Å². The van der Waals surface area contributed by atoms with Gasteiger partial charge in [0.05, 0.1) is 0 Å². The highest BCUT2D eigenvalue weighted by atomic mass is 14.4. The van der Waals surface area contributed by atoms with Crippen molar-refractivity contribution in [1.82, 2.24) is 0 Å². The first-order valence-electron chi connectivity index (χ1n) is 8.13. The summed E-state index contributed by atoms with van der Waals surface area (Å²) in [5, 5.41) is 5.52. The Bertz CT molecular complexity index is 915. The average molecular weight is 282 g/mol. The second-order valence-electron chi connectivity index (χ2n) is 6.64. The highest BCUT2D eigenvalue weighted by Gasteiger charge is 2.35. The Labute approximate surface area is 130 Å². The van der Waals surface area contributed by atoms with Crippen LogP contribution in [0.1, 0.15) is 17.5 Å². The van der Waals surface area contributed by atoms with E-state index in [1.165, 1.54) is 44.7 Å². The van der Waals surface area contributed by atoms with Crippen LogP contribution in [-0.4, -0.2) is 0 Å². The second-order valence-corrected chi connectivity index (χ2v) is 6.64. The molecule has 0 N–H and O–H groups in total. The van der Waals surface area contributed by atoms with Crippen molar-refractivity contribution < 1.29 is 0 Å². The summed E-state index contributed by atoms with van der Waals surface area (Å²) in [4.78, 5) is 0. The standard InChI is InChI=1S/C22H18/c1-14-18-6-2-4-8-20(18)22(21-9-5-3-7-19(14)21)16-11-10-15-12-17(15)13-16/h2-11,13,15,17H,12H2,1H3. The summed E-state index contributed by atoms with van der Waals surface area (Å²) in [6.45, 7) is 2.25. The van der Waals surface area contributed by atoms with Crippen molar-refractivity contribution in [2.24, 2.45) is 11.8 Å². The van der Waals surface area contributed by atoms with Gasteiger partial charge in [-0.15, -0.1) is 0 Å². The van der Waals surface area contributed by atoms with Crippen molar-refractivity contribution in [3.8, 4) is 0 Å². The van der Waals surface area contributed by atoms with E-state index in [1.807, 2.05) is 0 Å². The molecule has 0 spiro atoms. The largest absolute Gasteiger partial charge is 0.0802 e. The molecule has 106 valence electrons. The zero-order valence-corrected chi connectivity index (χ0v) is 12.7. The van der Waals surface area contributed by atoms with E-state index in [4.69, 9.17) is 0 Å². The van der Waals surface area contributed by atoms with Gasteiger partial charge in [0, 0.05) is 0 Å². The molecule has 0 heteroatoms. The molecule has 2 unspecified atom stereocenters. The fourth-order valence-electron chi connectivity index (χ4n) is 3.99. The van der Waals surface area contributed by atoms with Crippen LogP contribution in [0.15, 0.2) is 66.8 Å². The quantitative estimate of drug-likeness (QED) is 0.488. The normalized spacial score (nSPS) is 22.7. The van der Waals surface area contributed by atoms with Gasteiger partial charge in [0.1, 0.15) is 0 Å². The Balaban J connectivity index is 1.95. The minimum atomic E-state index is 0.777. The topological polar surface area (TPSA) is 0 Å². The molecule has 1 fully saturated rings. The lowest BCUT2D eigenvalue weighted by Crippen LogP contribution is -1.94. The van der Waals surface area contributed by atoms with Crippen LogP contribution in [0.5, 0.6) is 0 Å². The van der Waals surface area contributed by atoms with E-state index < -0.39 is 0 Å². The summed E-state index contributed by atoms with van der Waals surface area (Å²) >= 11 is 0. The average Bonchev–Trinajstić information content (AvgIpc) is 3.34. The molecule has 0 bridgehead atoms. The first kappa shape index (κ1) is 12.2. The Morgan fingerprint density at radius 2 is 1.36 bits per heavy atom. The number of hydrogen-bond acceptors (Lipinski definition) is 0. The van der Waals surface area contributed by atoms with E-state index in [0.29, 0.717) is 0 Å². The van der Waals surface area contributed by atoms with Gasteiger partial charge >= 0.3 is 0 Å². The van der Waals surface area contributed by atoms with Crippen LogP contribution in [0.4, 0.5) is 0 Å². The smallest absolute Gasteiger partial charge is 0.00298 e. The zero-order valence-electron chi connectivity index (χ0n) is 12.7. The monoisotopic (exact) mass is 282 g/mol. The molecule has 3 aromatic rings. The Kier molecular flexibility index (Phi) is 2.41. The zero-order chi connectivity index (χ0) is 14.7. The number of benzene rings is 3. The van der Waals surface area contributed by atoms with E-state index in [1.54, 1.807) is 0 Å². The summed E-state index contributed by atoms with van der Waals surface area (Å²) in [6, 6.07) is 17.7. The molecular weight excluding hydrogens is 264 g/mol. The lowest BCUT2D eigenvalue weighted by Gasteiger charge is -2.17. The predicted octanol–water partition coefficient (Wildman–Crippen LogP) is 5.89. The fourth-order valence-corrected chi connectivity index (χ4v) is 3.99. The number of hydrogen-bond donors (Lipinski definition) is 0. The van der Waals surface area contributed by atoms with Crippen molar-refractivity contribution in [3.05, 3.63) is 77.9 Å². The fraction of sp³-hybridized carbons (Fsp3) is 0.182. The number of allylic oxidation sites excluding steroid dienone is 4. The maximum absolute atomic E-state index is 2.49. The molecule has 2 aliphatic carbocycles. The molecule has 0 radical (unpaired) electrons. The molecule has 0 heterocycles. The number of rotatable bonds is 1. The van der Waals surface area contributed by atoms with Gasteiger partial charge in [0.2, 0.25) is 0 Å². The molecule has 1 saturated carbocycles. The maximum Gasteiger partial charge on any atom is -0.00298 e. The molecule has 2 atom stereocenters. The maximum atomic E-state index is 2.49. The Morgan fingerprint density at radius 3 is 1.95 bits per heavy atom. The molecule has 5 rings (SSSR count). The van der Waals surface area contributed by atoms with Crippen molar-refractivity contribution in [2.45, 2.75) is 13.3 Å². The van der Waals surface area contributed by atoms with Crippen LogP contribution < -0.4 is 0 Å². The number of fused-ring (bicyclic) bond motifs is 3. The van der Waals surface area contributed by atoms with Crippen molar-refractivity contribution in [2.75, 3.05) is 0 Å². The van der Waals surface area contributed by atoms with Crippen molar-refractivity contribution >= 4 is 27.1 Å². The molecule has 0 amide bonds. The molecule has 2 aliphatic rings. The van der Waals surface area contributed by atoms with Gasteiger partial charge in [-0.1, -0.05) is 66.8 Å². The number of aryl methyl sites for hydroxylation is 1. The van der Waals surface area contributed by atoms with Crippen molar-refractivity contribution in [1.29, 1.82) is 0 Å². The van der Waals surface area contributed by atoms with Crippen LogP contribution in [0, 0.1) is 18.8 Å². The lowest BCUT2D eigenvalue weighted by molar-refractivity contribution is 0.985. The minimum absolute atomic E-state index is 0.777. The molecular formula is C22H18. The van der Waals surface area contributed by atoms with Gasteiger partial charge in [0.25, 0.3) is 0 Å². The van der Waals surface area contributed by atoms with Gasteiger partial charge in [-0.3, -0.25) is 0 Å². The van der Waals surface area contributed by atoms with E-state index in [2.05, 4.69) is 73.7 Å². The van der Waals surface area contributed by atoms with Crippen molar-refractivity contribution in [3.63, 3.8) is 0 Å². The van der Waals surface area contributed by atoms with Crippen LogP contribution in [0.25, 0.3) is 27.1 Å². The summed E-state index contributed by atoms with van der Waals surface area (Å²) in [5.41, 5.74) is 4.21. The summed E-state index contributed by atoms with van der Waals surface area (Å²) < 4.78 is 0. The third-order valence-corrected chi connectivity index (χ3v) is 5.30. The third-order valence-electron chi connectivity index (χ3n) is 5.30. The van der Waals surface area contributed by atoms with E-state index in [0.717, 1.165) is 11.8 Å². The van der Waals surface area contributed by atoms with E-state index in [9.17, 15) is 0 Å². The molecule has 0 saturated heterocycles. The SMILES string of the molecule is Cc1c2ccccc2c(C2=CC3CC3C=C2)c2ccccc12. The highest BCUT2D eigenvalue weighted by molar-refractivity contribution is 6.12. The highest BCUT2D eigenvalue weighted by Crippen LogP contribution is 2.48. The lowest BCUT2D eigenvalue weighted by atomic mass is 9.87. The molecule has 0 aromatic heterocycles. The Hall–Kier alpha value is -2.34. The van der Waals surface area contributed by atoms with Crippen LogP contribution in [-0.2, 0) is 0 Å². The second kappa shape index (κ2) is 4.33. The molecule has 0 aliphatic heterocycles. The van der Waals surface area contributed by atoms with Gasteiger partial charge in [-0.25, -0.2) is 0 Å².